The van der Waals surface area contributed by atoms with Crippen LogP contribution in [0.5, 0.6) is 0 Å². The number of anilines is 1. The molecule has 3 N–H and O–H groups in total. The maximum atomic E-state index is 11.1. The van der Waals surface area contributed by atoms with E-state index in [4.69, 9.17) is 17.3 Å². The Bertz CT molecular complexity index is 439. The van der Waals surface area contributed by atoms with E-state index in [1.807, 2.05) is 6.07 Å². The Morgan fingerprint density at radius 2 is 2.00 bits per heavy atom. The van der Waals surface area contributed by atoms with Crippen molar-refractivity contribution < 1.29 is 4.79 Å². The fourth-order valence-electron chi connectivity index (χ4n) is 2.44. The van der Waals surface area contributed by atoms with Crippen molar-refractivity contribution in [1.82, 2.24) is 0 Å². The second-order valence-electron chi connectivity index (χ2n) is 5.16. The first-order valence-corrected chi connectivity index (χ1v) is 6.80. The standard InChI is InChI=1S/C14H19ClN2O/c1-9-2-4-10(5-3-9)17-11-6-7-12(14(16)18)13(15)8-11/h6-10,17H,2-5H2,1H3,(H2,16,18). The molecule has 1 aromatic carbocycles. The van der Waals surface area contributed by atoms with Crippen LogP contribution in [0.4, 0.5) is 5.69 Å². The van der Waals surface area contributed by atoms with Crippen molar-refractivity contribution in [2.75, 3.05) is 5.32 Å². The van der Waals surface area contributed by atoms with E-state index in [0.717, 1.165) is 11.6 Å². The SMILES string of the molecule is CC1CCC(Nc2ccc(C(N)=O)c(Cl)c2)CC1. The number of hydrogen-bond donors (Lipinski definition) is 2. The lowest BCUT2D eigenvalue weighted by Gasteiger charge is -2.27. The van der Waals surface area contributed by atoms with Crippen LogP contribution in [0.15, 0.2) is 18.2 Å². The lowest BCUT2D eigenvalue weighted by molar-refractivity contribution is 0.100. The number of halogens is 1. The van der Waals surface area contributed by atoms with Crippen molar-refractivity contribution in [3.8, 4) is 0 Å². The summed E-state index contributed by atoms with van der Waals surface area (Å²) < 4.78 is 0. The van der Waals surface area contributed by atoms with Gasteiger partial charge in [0.2, 0.25) is 5.91 Å². The van der Waals surface area contributed by atoms with Gasteiger partial charge in [0.1, 0.15) is 0 Å². The van der Waals surface area contributed by atoms with Crippen molar-refractivity contribution in [2.45, 2.75) is 38.6 Å². The quantitative estimate of drug-likeness (QED) is 0.881. The van der Waals surface area contributed by atoms with Crippen molar-refractivity contribution >= 4 is 23.2 Å². The maximum absolute atomic E-state index is 11.1. The third-order valence-electron chi connectivity index (χ3n) is 3.62. The van der Waals surface area contributed by atoms with E-state index in [1.54, 1.807) is 12.1 Å². The molecule has 98 valence electrons. The van der Waals surface area contributed by atoms with Crippen LogP contribution in [0.1, 0.15) is 43.0 Å². The summed E-state index contributed by atoms with van der Waals surface area (Å²) in [6, 6.07) is 5.83. The molecule has 18 heavy (non-hydrogen) atoms. The Morgan fingerprint density at radius 3 is 2.56 bits per heavy atom. The molecule has 1 aromatic rings. The number of hydrogen-bond acceptors (Lipinski definition) is 2. The second kappa shape index (κ2) is 5.61. The van der Waals surface area contributed by atoms with Crippen molar-refractivity contribution in [3.63, 3.8) is 0 Å². The van der Waals surface area contributed by atoms with Gasteiger partial charge >= 0.3 is 0 Å². The normalized spacial score (nSPS) is 23.7. The van der Waals surface area contributed by atoms with Crippen LogP contribution in [0, 0.1) is 5.92 Å². The predicted octanol–water partition coefficient (Wildman–Crippen LogP) is 3.43. The van der Waals surface area contributed by atoms with E-state index in [0.29, 0.717) is 16.6 Å². The van der Waals surface area contributed by atoms with Crippen LogP contribution in [-0.2, 0) is 0 Å². The van der Waals surface area contributed by atoms with Crippen LogP contribution < -0.4 is 11.1 Å². The molecule has 1 saturated carbocycles. The van der Waals surface area contributed by atoms with Gasteiger partial charge < -0.3 is 11.1 Å². The highest BCUT2D eigenvalue weighted by Crippen LogP contribution is 2.27. The van der Waals surface area contributed by atoms with Gasteiger partial charge in [-0.05, 0) is 49.8 Å². The molecule has 0 radical (unpaired) electrons. The molecular formula is C14H19ClN2O. The number of nitrogens with two attached hydrogens (primary N) is 1. The number of nitrogens with one attached hydrogen (secondary N) is 1. The van der Waals surface area contributed by atoms with Crippen LogP contribution in [-0.4, -0.2) is 11.9 Å². The fourth-order valence-corrected chi connectivity index (χ4v) is 2.72. The second-order valence-corrected chi connectivity index (χ2v) is 5.57. The molecule has 1 aliphatic rings. The molecule has 0 atom stereocenters. The fraction of sp³-hybridized carbons (Fsp3) is 0.500. The number of benzene rings is 1. The topological polar surface area (TPSA) is 55.1 Å². The molecule has 0 unspecified atom stereocenters. The lowest BCUT2D eigenvalue weighted by Crippen LogP contribution is -2.25. The zero-order chi connectivity index (χ0) is 13.1. The smallest absolute Gasteiger partial charge is 0.250 e. The minimum absolute atomic E-state index is 0.375. The molecule has 0 bridgehead atoms. The van der Waals surface area contributed by atoms with E-state index in [-0.39, 0.29) is 0 Å². The summed E-state index contributed by atoms with van der Waals surface area (Å²) in [7, 11) is 0. The number of carbonyl (C=O) groups is 1. The third-order valence-corrected chi connectivity index (χ3v) is 3.93. The average Bonchev–Trinajstić information content (AvgIpc) is 2.32. The first kappa shape index (κ1) is 13.2. The van der Waals surface area contributed by atoms with Gasteiger partial charge in [0, 0.05) is 11.7 Å². The molecule has 0 aliphatic heterocycles. The summed E-state index contributed by atoms with van der Waals surface area (Å²) in [5, 5.41) is 3.89. The predicted molar refractivity (Wildman–Crippen MR) is 75.0 cm³/mol. The highest BCUT2D eigenvalue weighted by atomic mass is 35.5. The van der Waals surface area contributed by atoms with Gasteiger partial charge in [-0.25, -0.2) is 0 Å². The Labute approximate surface area is 113 Å². The minimum atomic E-state index is -0.488. The average molecular weight is 267 g/mol. The molecule has 1 amide bonds. The Morgan fingerprint density at radius 1 is 1.33 bits per heavy atom. The molecule has 3 nitrogen and oxygen atoms in total. The molecule has 0 spiro atoms. The van der Waals surface area contributed by atoms with Crippen molar-refractivity contribution in [3.05, 3.63) is 28.8 Å². The Hall–Kier alpha value is -1.22. The monoisotopic (exact) mass is 266 g/mol. The van der Waals surface area contributed by atoms with Gasteiger partial charge in [0.05, 0.1) is 10.6 Å². The van der Waals surface area contributed by atoms with E-state index in [9.17, 15) is 4.79 Å². The van der Waals surface area contributed by atoms with Gasteiger partial charge in [-0.1, -0.05) is 18.5 Å². The van der Waals surface area contributed by atoms with Gasteiger partial charge in [-0.15, -0.1) is 0 Å². The van der Waals surface area contributed by atoms with Crippen LogP contribution in [0.25, 0.3) is 0 Å². The zero-order valence-electron chi connectivity index (χ0n) is 10.6. The zero-order valence-corrected chi connectivity index (χ0v) is 11.3. The number of rotatable bonds is 3. The van der Waals surface area contributed by atoms with E-state index < -0.39 is 5.91 Å². The summed E-state index contributed by atoms with van der Waals surface area (Å²) >= 11 is 6.02. The number of carbonyl (C=O) groups excluding carboxylic acids is 1. The van der Waals surface area contributed by atoms with Gasteiger partial charge in [-0.2, -0.15) is 0 Å². The highest BCUT2D eigenvalue weighted by molar-refractivity contribution is 6.34. The van der Waals surface area contributed by atoms with E-state index in [2.05, 4.69) is 12.2 Å². The number of amides is 1. The Balaban J connectivity index is 2.02. The van der Waals surface area contributed by atoms with Crippen LogP contribution in [0.2, 0.25) is 5.02 Å². The third kappa shape index (κ3) is 3.16. The number of primary amides is 1. The molecule has 2 rings (SSSR count). The summed E-state index contributed by atoms with van der Waals surface area (Å²) in [6.07, 6.45) is 4.92. The van der Waals surface area contributed by atoms with Crippen LogP contribution >= 0.6 is 11.6 Å². The van der Waals surface area contributed by atoms with Crippen molar-refractivity contribution in [1.29, 1.82) is 0 Å². The molecule has 0 aromatic heterocycles. The summed E-state index contributed by atoms with van der Waals surface area (Å²) in [4.78, 5) is 11.1. The maximum Gasteiger partial charge on any atom is 0.250 e. The summed E-state index contributed by atoms with van der Waals surface area (Å²) in [6.45, 7) is 2.30. The van der Waals surface area contributed by atoms with Gasteiger partial charge in [0.25, 0.3) is 0 Å². The van der Waals surface area contributed by atoms with Crippen molar-refractivity contribution in [2.24, 2.45) is 11.7 Å². The van der Waals surface area contributed by atoms with E-state index >= 15 is 0 Å². The van der Waals surface area contributed by atoms with Gasteiger partial charge in [0.15, 0.2) is 0 Å². The highest BCUT2D eigenvalue weighted by Gasteiger charge is 2.18. The molecular weight excluding hydrogens is 248 g/mol. The molecule has 0 saturated heterocycles. The molecule has 1 fully saturated rings. The first-order valence-electron chi connectivity index (χ1n) is 6.42. The summed E-state index contributed by atoms with van der Waals surface area (Å²) in [5.74, 6) is 0.349. The van der Waals surface area contributed by atoms with Crippen LogP contribution in [0.3, 0.4) is 0 Å². The lowest BCUT2D eigenvalue weighted by atomic mass is 9.87. The van der Waals surface area contributed by atoms with E-state index in [1.165, 1.54) is 25.7 Å². The minimum Gasteiger partial charge on any atom is -0.382 e. The summed E-state index contributed by atoms with van der Waals surface area (Å²) in [5.41, 5.74) is 6.56. The Kier molecular flexibility index (Phi) is 4.12. The van der Waals surface area contributed by atoms with Gasteiger partial charge in [-0.3, -0.25) is 4.79 Å². The first-order chi connectivity index (χ1) is 8.56. The molecule has 0 heterocycles. The molecule has 1 aliphatic carbocycles. The molecule has 4 heteroatoms. The largest absolute Gasteiger partial charge is 0.382 e.